The van der Waals surface area contributed by atoms with Crippen LogP contribution < -0.4 is 0 Å². The van der Waals surface area contributed by atoms with E-state index in [1.807, 2.05) is 12.1 Å². The highest BCUT2D eigenvalue weighted by Crippen LogP contribution is 2.32. The van der Waals surface area contributed by atoms with Gasteiger partial charge in [-0.3, -0.25) is 0 Å². The summed E-state index contributed by atoms with van der Waals surface area (Å²) >= 11 is 0. The van der Waals surface area contributed by atoms with Crippen LogP contribution in [0, 0.1) is 23.7 Å². The van der Waals surface area contributed by atoms with Gasteiger partial charge in [-0.15, -0.1) is 11.8 Å². The average Bonchev–Trinajstić information content (AvgIpc) is 2.59. The first-order chi connectivity index (χ1) is 10.9. The predicted octanol–water partition coefficient (Wildman–Crippen LogP) is 5.38. The van der Waals surface area contributed by atoms with Crippen molar-refractivity contribution in [3.63, 3.8) is 0 Å². The van der Waals surface area contributed by atoms with E-state index in [0.29, 0.717) is 0 Å². The van der Waals surface area contributed by atoms with Crippen molar-refractivity contribution < 1.29 is 0 Å². The van der Waals surface area contributed by atoms with Crippen LogP contribution in [0.3, 0.4) is 0 Å². The van der Waals surface area contributed by atoms with Crippen LogP contribution in [0.1, 0.15) is 49.7 Å². The van der Waals surface area contributed by atoms with Gasteiger partial charge in [0.25, 0.3) is 0 Å². The van der Waals surface area contributed by atoms with Gasteiger partial charge in [-0.1, -0.05) is 86.4 Å². The minimum Gasteiger partial charge on any atom is -0.103 e. The Morgan fingerprint density at radius 2 is 1.00 bits per heavy atom. The van der Waals surface area contributed by atoms with Crippen molar-refractivity contribution in [3.8, 4) is 23.7 Å². The first-order valence-corrected chi connectivity index (χ1v) is 7.93. The molecule has 110 valence electrons. The minimum absolute atomic E-state index is 0.114. The Kier molecular flexibility index (Phi) is 6.35. The van der Waals surface area contributed by atoms with Crippen LogP contribution in [0.2, 0.25) is 0 Å². The van der Waals surface area contributed by atoms with Crippen LogP contribution in [-0.2, 0) is 0 Å². The maximum Gasteiger partial charge on any atom is 0.0630 e. The molecule has 0 heteroatoms. The lowest BCUT2D eigenvalue weighted by Crippen LogP contribution is -2.08. The molecule has 0 aliphatic rings. The molecule has 0 aliphatic heterocycles. The molecule has 0 saturated carbocycles. The van der Waals surface area contributed by atoms with Gasteiger partial charge in [-0.25, -0.2) is 0 Å². The van der Waals surface area contributed by atoms with Crippen LogP contribution in [0.15, 0.2) is 60.7 Å². The van der Waals surface area contributed by atoms with Gasteiger partial charge < -0.3 is 0 Å². The van der Waals surface area contributed by atoms with Crippen molar-refractivity contribution in [2.24, 2.45) is 0 Å². The molecule has 0 unspecified atom stereocenters. The van der Waals surface area contributed by atoms with Crippen molar-refractivity contribution >= 4 is 0 Å². The molecule has 0 fully saturated rings. The summed E-state index contributed by atoms with van der Waals surface area (Å²) in [7, 11) is 0. The lowest BCUT2D eigenvalue weighted by Gasteiger charge is -2.19. The SMILES string of the molecule is CCC#C[C@@H](c1ccccc1)[C@@H](C#CCC)c1ccccc1. The maximum absolute atomic E-state index is 3.44. The summed E-state index contributed by atoms with van der Waals surface area (Å²) in [5.41, 5.74) is 2.48. The molecule has 0 N–H and O–H groups in total. The van der Waals surface area contributed by atoms with Gasteiger partial charge in [0.2, 0.25) is 0 Å². The highest BCUT2D eigenvalue weighted by Gasteiger charge is 2.21. The number of hydrogen-bond donors (Lipinski definition) is 0. The molecule has 0 heterocycles. The predicted molar refractivity (Wildman–Crippen MR) is 94.5 cm³/mol. The molecular formula is C22H22. The Morgan fingerprint density at radius 1 is 0.636 bits per heavy atom. The van der Waals surface area contributed by atoms with E-state index in [1.165, 1.54) is 11.1 Å². The number of benzene rings is 2. The lowest BCUT2D eigenvalue weighted by molar-refractivity contribution is 0.778. The molecule has 0 amide bonds. The minimum atomic E-state index is 0.114. The number of hydrogen-bond acceptors (Lipinski definition) is 0. The molecule has 2 atom stereocenters. The summed E-state index contributed by atoms with van der Waals surface area (Å²) in [4.78, 5) is 0. The van der Waals surface area contributed by atoms with E-state index in [-0.39, 0.29) is 11.8 Å². The average molecular weight is 286 g/mol. The van der Waals surface area contributed by atoms with E-state index in [2.05, 4.69) is 86.1 Å². The zero-order valence-electron chi connectivity index (χ0n) is 13.3. The Balaban J connectivity index is 2.48. The van der Waals surface area contributed by atoms with Crippen molar-refractivity contribution in [3.05, 3.63) is 71.8 Å². The summed E-state index contributed by atoms with van der Waals surface area (Å²) in [5.74, 6) is 13.6. The van der Waals surface area contributed by atoms with Crippen molar-refractivity contribution in [1.29, 1.82) is 0 Å². The zero-order valence-corrected chi connectivity index (χ0v) is 13.3. The molecule has 0 radical (unpaired) electrons. The van der Waals surface area contributed by atoms with Gasteiger partial charge >= 0.3 is 0 Å². The molecule has 0 bridgehead atoms. The van der Waals surface area contributed by atoms with E-state index >= 15 is 0 Å². The molecule has 0 spiro atoms. The van der Waals surface area contributed by atoms with Crippen molar-refractivity contribution in [2.45, 2.75) is 38.5 Å². The van der Waals surface area contributed by atoms with Crippen LogP contribution in [0.25, 0.3) is 0 Å². The van der Waals surface area contributed by atoms with E-state index in [1.54, 1.807) is 0 Å². The second-order valence-corrected chi connectivity index (χ2v) is 5.13. The summed E-state index contributed by atoms with van der Waals surface area (Å²) in [6.07, 6.45) is 1.73. The second kappa shape index (κ2) is 8.76. The van der Waals surface area contributed by atoms with Gasteiger partial charge in [0, 0.05) is 12.8 Å². The van der Waals surface area contributed by atoms with Crippen LogP contribution in [-0.4, -0.2) is 0 Å². The fraction of sp³-hybridized carbons (Fsp3) is 0.273. The van der Waals surface area contributed by atoms with E-state index in [0.717, 1.165) is 12.8 Å². The fourth-order valence-corrected chi connectivity index (χ4v) is 2.46. The highest BCUT2D eigenvalue weighted by molar-refractivity contribution is 5.40. The van der Waals surface area contributed by atoms with Gasteiger partial charge in [0.15, 0.2) is 0 Å². The lowest BCUT2D eigenvalue weighted by atomic mass is 9.82. The third-order valence-corrected chi connectivity index (χ3v) is 3.52. The van der Waals surface area contributed by atoms with Gasteiger partial charge in [-0.2, -0.15) is 0 Å². The topological polar surface area (TPSA) is 0 Å². The van der Waals surface area contributed by atoms with E-state index in [9.17, 15) is 0 Å². The smallest absolute Gasteiger partial charge is 0.0630 e. The van der Waals surface area contributed by atoms with Gasteiger partial charge in [-0.05, 0) is 11.1 Å². The Hall–Kier alpha value is -2.44. The molecular weight excluding hydrogens is 264 g/mol. The van der Waals surface area contributed by atoms with Crippen molar-refractivity contribution in [2.75, 3.05) is 0 Å². The largest absolute Gasteiger partial charge is 0.103 e. The highest BCUT2D eigenvalue weighted by atomic mass is 14.2. The van der Waals surface area contributed by atoms with Crippen LogP contribution in [0.5, 0.6) is 0 Å². The van der Waals surface area contributed by atoms with Gasteiger partial charge in [0.1, 0.15) is 0 Å². The molecule has 2 aromatic carbocycles. The normalized spacial score (nSPS) is 12.3. The van der Waals surface area contributed by atoms with E-state index in [4.69, 9.17) is 0 Å². The van der Waals surface area contributed by atoms with Crippen LogP contribution >= 0.6 is 0 Å². The van der Waals surface area contributed by atoms with Crippen LogP contribution in [0.4, 0.5) is 0 Å². The monoisotopic (exact) mass is 286 g/mol. The summed E-state index contributed by atoms with van der Waals surface area (Å²) in [6.45, 7) is 4.18. The molecule has 0 nitrogen and oxygen atoms in total. The molecule has 0 aliphatic carbocycles. The molecule has 2 rings (SSSR count). The quantitative estimate of drug-likeness (QED) is 0.664. The molecule has 22 heavy (non-hydrogen) atoms. The first kappa shape index (κ1) is 15.9. The first-order valence-electron chi connectivity index (χ1n) is 7.93. The standard InChI is InChI=1S/C22H22/c1-3-5-17-21(19-13-9-7-10-14-19)22(18-6-4-2)20-15-11-8-12-16-20/h7-16,21-22H,3-4H2,1-2H3/t21-,22-/m0/s1. The third kappa shape index (κ3) is 4.28. The van der Waals surface area contributed by atoms with E-state index < -0.39 is 0 Å². The molecule has 2 aromatic rings. The Labute approximate surface area is 134 Å². The Morgan fingerprint density at radius 3 is 1.32 bits per heavy atom. The number of rotatable bonds is 3. The maximum atomic E-state index is 3.44. The van der Waals surface area contributed by atoms with Crippen molar-refractivity contribution in [1.82, 2.24) is 0 Å². The summed E-state index contributed by atoms with van der Waals surface area (Å²) in [5, 5.41) is 0. The summed E-state index contributed by atoms with van der Waals surface area (Å²) in [6, 6.07) is 21.0. The summed E-state index contributed by atoms with van der Waals surface area (Å²) < 4.78 is 0. The fourth-order valence-electron chi connectivity index (χ4n) is 2.46. The zero-order chi connectivity index (χ0) is 15.6. The molecule has 0 aromatic heterocycles. The van der Waals surface area contributed by atoms with Gasteiger partial charge in [0.05, 0.1) is 11.8 Å². The second-order valence-electron chi connectivity index (χ2n) is 5.13. The molecule has 0 saturated heterocycles. The Bertz CT molecular complexity index is 611. The third-order valence-electron chi connectivity index (χ3n) is 3.52.